The molecule has 2 aromatic rings. The van der Waals surface area contributed by atoms with Gasteiger partial charge in [-0.1, -0.05) is 18.2 Å². The Bertz CT molecular complexity index is 658. The fourth-order valence-electron chi connectivity index (χ4n) is 1.60. The minimum absolute atomic E-state index is 0.00402. The molecule has 0 atom stereocenters. The number of hydrogen-bond acceptors (Lipinski definition) is 4. The summed E-state index contributed by atoms with van der Waals surface area (Å²) in [6.45, 7) is -0.169. The molecule has 0 saturated carbocycles. The quantitative estimate of drug-likeness (QED) is 0.830. The van der Waals surface area contributed by atoms with Crippen molar-refractivity contribution in [3.63, 3.8) is 0 Å². The molecule has 0 spiro atoms. The summed E-state index contributed by atoms with van der Waals surface area (Å²) in [5.74, 6) is -0.240. The second-order valence-electron chi connectivity index (χ2n) is 3.79. The summed E-state index contributed by atoms with van der Waals surface area (Å²) >= 11 is 0. The molecule has 1 aromatic heterocycles. The summed E-state index contributed by atoms with van der Waals surface area (Å²) in [6.07, 6.45) is 1.52. The van der Waals surface area contributed by atoms with E-state index in [0.717, 1.165) is 0 Å². The number of phenols is 1. The van der Waals surface area contributed by atoms with Crippen LogP contribution in [0.5, 0.6) is 5.75 Å². The first-order valence-corrected chi connectivity index (χ1v) is 6.81. The lowest BCUT2D eigenvalue weighted by Crippen LogP contribution is -2.30. The topological polar surface area (TPSA) is 90.7 Å². The zero-order chi connectivity index (χ0) is 13.9. The molecule has 7 heteroatoms. The van der Waals surface area contributed by atoms with Gasteiger partial charge in [-0.2, -0.15) is 8.42 Å². The van der Waals surface area contributed by atoms with Gasteiger partial charge in [0.2, 0.25) is 0 Å². The molecule has 6 nitrogen and oxygen atoms in total. The first-order valence-electron chi connectivity index (χ1n) is 5.41. The minimum Gasteiger partial charge on any atom is -0.506 e. The van der Waals surface area contributed by atoms with E-state index in [0.29, 0.717) is 10.00 Å². The van der Waals surface area contributed by atoms with Gasteiger partial charge in [0.15, 0.2) is 0 Å². The first-order chi connectivity index (χ1) is 8.98. The molecule has 1 heterocycles. The minimum atomic E-state index is -4.51. The van der Waals surface area contributed by atoms with Crippen LogP contribution in [0, 0.1) is 0 Å². The molecule has 0 fully saturated rings. The maximum Gasteiger partial charge on any atom is 0.360 e. The van der Waals surface area contributed by atoms with Gasteiger partial charge < -0.3 is 5.11 Å². The van der Waals surface area contributed by atoms with Gasteiger partial charge in [-0.3, -0.25) is 9.54 Å². The zero-order valence-electron chi connectivity index (χ0n) is 9.84. The third-order valence-electron chi connectivity index (χ3n) is 2.46. The summed E-state index contributed by atoms with van der Waals surface area (Å²) in [5, 5.41) is 9.68. The Labute approximate surface area is 110 Å². The van der Waals surface area contributed by atoms with Crippen molar-refractivity contribution >= 4 is 16.0 Å². The van der Waals surface area contributed by atoms with Gasteiger partial charge in [0.05, 0.1) is 17.9 Å². The summed E-state index contributed by atoms with van der Waals surface area (Å²) < 4.78 is 32.8. The Hall–Kier alpha value is -2.12. The molecule has 19 heavy (non-hydrogen) atoms. The second-order valence-corrected chi connectivity index (χ2v) is 5.13. The number of para-hydroxylation sites is 2. The SMILES string of the molecule is O=S(=O)(O)N(Cc1ccccn1)c1ccccc1O. The predicted molar refractivity (Wildman–Crippen MR) is 70.1 cm³/mol. The summed E-state index contributed by atoms with van der Waals surface area (Å²) in [7, 11) is -4.51. The first kappa shape index (κ1) is 13.3. The van der Waals surface area contributed by atoms with Crippen LogP contribution in [0.3, 0.4) is 0 Å². The van der Waals surface area contributed by atoms with Crippen LogP contribution in [0.4, 0.5) is 5.69 Å². The van der Waals surface area contributed by atoms with Crippen LogP contribution in [0.2, 0.25) is 0 Å². The Morgan fingerprint density at radius 2 is 1.79 bits per heavy atom. The largest absolute Gasteiger partial charge is 0.506 e. The third kappa shape index (κ3) is 3.21. The number of aromatic nitrogens is 1. The smallest absolute Gasteiger partial charge is 0.360 e. The highest BCUT2D eigenvalue weighted by Gasteiger charge is 2.22. The van der Waals surface area contributed by atoms with E-state index in [2.05, 4.69) is 4.98 Å². The highest BCUT2D eigenvalue weighted by molar-refractivity contribution is 7.87. The average molecular weight is 280 g/mol. The van der Waals surface area contributed by atoms with Crippen LogP contribution in [-0.2, 0) is 16.8 Å². The van der Waals surface area contributed by atoms with Crippen LogP contribution in [-0.4, -0.2) is 23.1 Å². The monoisotopic (exact) mass is 280 g/mol. The molecule has 0 aliphatic rings. The highest BCUT2D eigenvalue weighted by atomic mass is 32.2. The normalized spacial score (nSPS) is 11.2. The Morgan fingerprint density at radius 1 is 1.11 bits per heavy atom. The molecule has 1 aromatic carbocycles. The van der Waals surface area contributed by atoms with Gasteiger partial charge in [-0.25, -0.2) is 4.31 Å². The van der Waals surface area contributed by atoms with E-state index in [4.69, 9.17) is 0 Å². The van der Waals surface area contributed by atoms with Gasteiger partial charge in [-0.05, 0) is 24.3 Å². The second kappa shape index (κ2) is 5.25. The fraction of sp³-hybridized carbons (Fsp3) is 0.0833. The van der Waals surface area contributed by atoms with Gasteiger partial charge in [-0.15, -0.1) is 0 Å². The molecule has 0 radical (unpaired) electrons. The number of aromatic hydroxyl groups is 1. The summed E-state index contributed by atoms with van der Waals surface area (Å²) in [5.41, 5.74) is 0.444. The van der Waals surface area contributed by atoms with Crippen LogP contribution < -0.4 is 4.31 Å². The van der Waals surface area contributed by atoms with E-state index in [1.54, 1.807) is 30.3 Å². The molecule has 0 unspecified atom stereocenters. The number of hydrogen-bond donors (Lipinski definition) is 2. The average Bonchev–Trinajstić information content (AvgIpc) is 2.37. The highest BCUT2D eigenvalue weighted by Crippen LogP contribution is 2.29. The number of pyridine rings is 1. The van der Waals surface area contributed by atoms with Crippen molar-refractivity contribution in [3.8, 4) is 5.75 Å². The Morgan fingerprint density at radius 3 is 2.37 bits per heavy atom. The number of rotatable bonds is 4. The van der Waals surface area contributed by atoms with Gasteiger partial charge >= 0.3 is 10.3 Å². The molecule has 0 amide bonds. The number of benzene rings is 1. The number of anilines is 1. The predicted octanol–water partition coefficient (Wildman–Crippen LogP) is 1.60. The van der Waals surface area contributed by atoms with Gasteiger partial charge in [0.25, 0.3) is 0 Å². The van der Waals surface area contributed by atoms with E-state index >= 15 is 0 Å². The fourth-order valence-corrected chi connectivity index (χ4v) is 2.30. The molecule has 2 N–H and O–H groups in total. The van der Waals surface area contributed by atoms with Crippen LogP contribution >= 0.6 is 0 Å². The van der Waals surface area contributed by atoms with E-state index in [1.165, 1.54) is 18.3 Å². The van der Waals surface area contributed by atoms with Crippen molar-refractivity contribution in [1.29, 1.82) is 0 Å². The Kier molecular flexibility index (Phi) is 3.68. The standard InChI is InChI=1S/C12H12N2O4S/c15-12-7-2-1-6-11(12)14(19(16,17)18)9-10-5-3-4-8-13-10/h1-8,15H,9H2,(H,16,17,18). The zero-order valence-corrected chi connectivity index (χ0v) is 10.7. The lowest BCUT2D eigenvalue weighted by molar-refractivity contribution is 0.463. The van der Waals surface area contributed by atoms with Crippen molar-refractivity contribution in [2.75, 3.05) is 4.31 Å². The van der Waals surface area contributed by atoms with E-state index in [-0.39, 0.29) is 18.0 Å². The van der Waals surface area contributed by atoms with Crippen LogP contribution in [0.1, 0.15) is 5.69 Å². The van der Waals surface area contributed by atoms with Gasteiger partial charge in [0.1, 0.15) is 5.75 Å². The molecular formula is C12H12N2O4S. The summed E-state index contributed by atoms with van der Waals surface area (Å²) in [6, 6.07) is 10.9. The maximum atomic E-state index is 11.4. The van der Waals surface area contributed by atoms with Gasteiger partial charge in [0, 0.05) is 6.20 Å². The van der Waals surface area contributed by atoms with Crippen molar-refractivity contribution in [2.24, 2.45) is 0 Å². The lowest BCUT2D eigenvalue weighted by atomic mass is 10.3. The van der Waals surface area contributed by atoms with Crippen LogP contribution in [0.25, 0.3) is 0 Å². The molecule has 0 bridgehead atoms. The Balaban J connectivity index is 2.41. The maximum absolute atomic E-state index is 11.4. The van der Waals surface area contributed by atoms with E-state index in [1.807, 2.05) is 0 Å². The molecule has 100 valence electrons. The van der Waals surface area contributed by atoms with Crippen molar-refractivity contribution in [1.82, 2.24) is 4.98 Å². The third-order valence-corrected chi connectivity index (χ3v) is 3.34. The number of nitrogens with zero attached hydrogens (tertiary/aromatic N) is 2. The van der Waals surface area contributed by atoms with E-state index in [9.17, 15) is 18.1 Å². The van der Waals surface area contributed by atoms with Crippen molar-refractivity contribution in [2.45, 2.75) is 6.54 Å². The van der Waals surface area contributed by atoms with Crippen molar-refractivity contribution in [3.05, 3.63) is 54.4 Å². The summed E-state index contributed by atoms with van der Waals surface area (Å²) in [4.78, 5) is 3.99. The lowest BCUT2D eigenvalue weighted by Gasteiger charge is -2.21. The molecule has 0 aliphatic heterocycles. The molecule has 0 saturated heterocycles. The molecular weight excluding hydrogens is 268 g/mol. The molecule has 0 aliphatic carbocycles. The van der Waals surface area contributed by atoms with Crippen molar-refractivity contribution < 1.29 is 18.1 Å². The van der Waals surface area contributed by atoms with Crippen LogP contribution in [0.15, 0.2) is 48.7 Å². The molecule has 2 rings (SSSR count). The number of phenolic OH excluding ortho intramolecular Hbond substituents is 1. The van der Waals surface area contributed by atoms with E-state index < -0.39 is 10.3 Å².